The van der Waals surface area contributed by atoms with Gasteiger partial charge in [0.05, 0.1) is 0 Å². The molecule has 1 aromatic carbocycles. The van der Waals surface area contributed by atoms with Crippen molar-refractivity contribution in [2.24, 2.45) is 0 Å². The van der Waals surface area contributed by atoms with E-state index >= 15 is 0 Å². The fourth-order valence-corrected chi connectivity index (χ4v) is 2.09. The SMILES string of the molecule is CN(C)C(=O)C(Cl)c1cccc(C2CC2)c1. The first-order valence-electron chi connectivity index (χ1n) is 5.54. The molecule has 1 unspecified atom stereocenters. The monoisotopic (exact) mass is 237 g/mol. The number of likely N-dealkylation sites (N-methyl/N-ethyl adjacent to an activating group) is 1. The van der Waals surface area contributed by atoms with Gasteiger partial charge >= 0.3 is 0 Å². The highest BCUT2D eigenvalue weighted by Gasteiger charge is 2.25. The lowest BCUT2D eigenvalue weighted by Gasteiger charge is -2.16. The van der Waals surface area contributed by atoms with Crippen LogP contribution in [0.5, 0.6) is 0 Å². The number of halogens is 1. The van der Waals surface area contributed by atoms with Crippen LogP contribution in [0.4, 0.5) is 0 Å². The first kappa shape index (κ1) is 11.5. The van der Waals surface area contributed by atoms with Crippen molar-refractivity contribution in [2.45, 2.75) is 24.1 Å². The number of carbonyl (C=O) groups excluding carboxylic acids is 1. The maximum atomic E-state index is 11.7. The van der Waals surface area contributed by atoms with Gasteiger partial charge in [0.25, 0.3) is 0 Å². The molecule has 0 saturated heterocycles. The Labute approximate surface area is 101 Å². The minimum atomic E-state index is -0.561. The van der Waals surface area contributed by atoms with Gasteiger partial charge in [0, 0.05) is 14.1 Å². The third kappa shape index (κ3) is 2.38. The zero-order valence-electron chi connectivity index (χ0n) is 9.61. The highest BCUT2D eigenvalue weighted by Crippen LogP contribution is 2.41. The Bertz CT molecular complexity index is 399. The molecule has 16 heavy (non-hydrogen) atoms. The number of nitrogens with zero attached hydrogens (tertiary/aromatic N) is 1. The summed E-state index contributed by atoms with van der Waals surface area (Å²) in [7, 11) is 3.45. The molecule has 1 aromatic rings. The summed E-state index contributed by atoms with van der Waals surface area (Å²) in [6.07, 6.45) is 2.52. The average molecular weight is 238 g/mol. The second-order valence-corrected chi connectivity index (χ2v) is 4.98. The van der Waals surface area contributed by atoms with Crippen molar-refractivity contribution in [3.05, 3.63) is 35.4 Å². The molecular weight excluding hydrogens is 222 g/mol. The van der Waals surface area contributed by atoms with Crippen molar-refractivity contribution < 1.29 is 4.79 Å². The van der Waals surface area contributed by atoms with Crippen LogP contribution in [-0.4, -0.2) is 24.9 Å². The maximum absolute atomic E-state index is 11.7. The molecule has 0 aromatic heterocycles. The minimum Gasteiger partial charge on any atom is -0.347 e. The normalized spacial score (nSPS) is 16.9. The van der Waals surface area contributed by atoms with Gasteiger partial charge in [-0.1, -0.05) is 24.3 Å². The van der Waals surface area contributed by atoms with E-state index < -0.39 is 5.38 Å². The molecule has 86 valence electrons. The van der Waals surface area contributed by atoms with Crippen LogP contribution in [0.1, 0.15) is 35.3 Å². The summed E-state index contributed by atoms with van der Waals surface area (Å²) >= 11 is 6.16. The summed E-state index contributed by atoms with van der Waals surface area (Å²) in [6, 6.07) is 8.09. The van der Waals surface area contributed by atoms with Crippen LogP contribution < -0.4 is 0 Å². The summed E-state index contributed by atoms with van der Waals surface area (Å²) in [5.41, 5.74) is 2.22. The Morgan fingerprint density at radius 1 is 1.44 bits per heavy atom. The van der Waals surface area contributed by atoms with E-state index in [4.69, 9.17) is 11.6 Å². The van der Waals surface area contributed by atoms with Gasteiger partial charge in [-0.15, -0.1) is 11.6 Å². The topological polar surface area (TPSA) is 20.3 Å². The van der Waals surface area contributed by atoms with Gasteiger partial charge in [-0.05, 0) is 29.9 Å². The molecular formula is C13H16ClNO. The molecule has 1 fully saturated rings. The number of hydrogen-bond acceptors (Lipinski definition) is 1. The number of carbonyl (C=O) groups is 1. The number of benzene rings is 1. The van der Waals surface area contributed by atoms with Crippen LogP contribution in [0.15, 0.2) is 24.3 Å². The number of hydrogen-bond donors (Lipinski definition) is 0. The Morgan fingerprint density at radius 2 is 2.12 bits per heavy atom. The van der Waals surface area contributed by atoms with E-state index in [1.165, 1.54) is 23.3 Å². The molecule has 0 spiro atoms. The van der Waals surface area contributed by atoms with Gasteiger partial charge in [0.15, 0.2) is 0 Å². The van der Waals surface area contributed by atoms with Gasteiger partial charge in [-0.2, -0.15) is 0 Å². The molecule has 1 aliphatic rings. The Hall–Kier alpha value is -1.02. The van der Waals surface area contributed by atoms with E-state index in [0.717, 1.165) is 5.56 Å². The Morgan fingerprint density at radius 3 is 2.69 bits per heavy atom. The molecule has 2 rings (SSSR count). The van der Waals surface area contributed by atoms with Gasteiger partial charge in [-0.3, -0.25) is 4.79 Å². The van der Waals surface area contributed by atoms with Crippen molar-refractivity contribution in [3.63, 3.8) is 0 Å². The average Bonchev–Trinajstić information content (AvgIpc) is 3.11. The quantitative estimate of drug-likeness (QED) is 0.741. The van der Waals surface area contributed by atoms with Gasteiger partial charge in [0.1, 0.15) is 5.38 Å². The maximum Gasteiger partial charge on any atom is 0.244 e. The highest BCUT2D eigenvalue weighted by atomic mass is 35.5. The second-order valence-electron chi connectivity index (χ2n) is 4.54. The lowest BCUT2D eigenvalue weighted by atomic mass is 10.0. The Balaban J connectivity index is 2.19. The third-order valence-corrected chi connectivity index (χ3v) is 3.35. The smallest absolute Gasteiger partial charge is 0.244 e. The minimum absolute atomic E-state index is 0.0605. The van der Waals surface area contributed by atoms with Gasteiger partial charge in [-0.25, -0.2) is 0 Å². The fourth-order valence-electron chi connectivity index (χ4n) is 1.76. The number of amides is 1. The second kappa shape index (κ2) is 4.46. The van der Waals surface area contributed by atoms with E-state index in [1.807, 2.05) is 12.1 Å². The lowest BCUT2D eigenvalue weighted by Crippen LogP contribution is -2.25. The molecule has 0 N–H and O–H groups in total. The fraction of sp³-hybridized carbons (Fsp3) is 0.462. The molecule has 1 amide bonds. The lowest BCUT2D eigenvalue weighted by molar-refractivity contribution is -0.128. The number of alkyl halides is 1. The summed E-state index contributed by atoms with van der Waals surface area (Å²) in [4.78, 5) is 13.3. The first-order chi connectivity index (χ1) is 7.59. The summed E-state index contributed by atoms with van der Waals surface area (Å²) < 4.78 is 0. The van der Waals surface area contributed by atoms with Crippen molar-refractivity contribution >= 4 is 17.5 Å². The predicted octanol–water partition coefficient (Wildman–Crippen LogP) is 2.93. The van der Waals surface area contributed by atoms with Gasteiger partial charge < -0.3 is 4.90 Å². The Kier molecular flexibility index (Phi) is 3.20. The van der Waals surface area contributed by atoms with Crippen LogP contribution in [0.25, 0.3) is 0 Å². The van der Waals surface area contributed by atoms with E-state index in [-0.39, 0.29) is 5.91 Å². The third-order valence-electron chi connectivity index (χ3n) is 2.91. The van der Waals surface area contributed by atoms with Crippen LogP contribution >= 0.6 is 11.6 Å². The number of rotatable bonds is 3. The van der Waals surface area contributed by atoms with E-state index in [2.05, 4.69) is 12.1 Å². The molecule has 0 bridgehead atoms. The van der Waals surface area contributed by atoms with Gasteiger partial charge in [0.2, 0.25) is 5.91 Å². The van der Waals surface area contributed by atoms with Crippen molar-refractivity contribution in [3.8, 4) is 0 Å². The zero-order chi connectivity index (χ0) is 11.7. The van der Waals surface area contributed by atoms with Crippen LogP contribution in [-0.2, 0) is 4.79 Å². The molecule has 0 aliphatic heterocycles. The zero-order valence-corrected chi connectivity index (χ0v) is 10.4. The summed E-state index contributed by atoms with van der Waals surface area (Å²) in [6.45, 7) is 0. The predicted molar refractivity (Wildman–Crippen MR) is 65.7 cm³/mol. The van der Waals surface area contributed by atoms with Crippen LogP contribution in [0.2, 0.25) is 0 Å². The van der Waals surface area contributed by atoms with Crippen LogP contribution in [0.3, 0.4) is 0 Å². The first-order valence-corrected chi connectivity index (χ1v) is 5.98. The van der Waals surface area contributed by atoms with E-state index in [0.29, 0.717) is 5.92 Å². The standard InChI is InChI=1S/C13H16ClNO/c1-15(2)13(16)12(14)11-5-3-4-10(8-11)9-6-7-9/h3-5,8-9,12H,6-7H2,1-2H3. The largest absolute Gasteiger partial charge is 0.347 e. The molecule has 1 aliphatic carbocycles. The molecule has 0 radical (unpaired) electrons. The van der Waals surface area contributed by atoms with E-state index in [1.54, 1.807) is 14.1 Å². The van der Waals surface area contributed by atoms with E-state index in [9.17, 15) is 4.79 Å². The molecule has 1 saturated carbocycles. The van der Waals surface area contributed by atoms with Crippen molar-refractivity contribution in [1.29, 1.82) is 0 Å². The van der Waals surface area contributed by atoms with Crippen LogP contribution in [0, 0.1) is 0 Å². The molecule has 1 atom stereocenters. The highest BCUT2D eigenvalue weighted by molar-refractivity contribution is 6.30. The van der Waals surface area contributed by atoms with Crippen molar-refractivity contribution in [1.82, 2.24) is 4.90 Å². The van der Waals surface area contributed by atoms with Crippen molar-refractivity contribution in [2.75, 3.05) is 14.1 Å². The molecule has 3 heteroatoms. The summed E-state index contributed by atoms with van der Waals surface area (Å²) in [5.74, 6) is 0.632. The molecule has 0 heterocycles. The molecule has 2 nitrogen and oxygen atoms in total. The summed E-state index contributed by atoms with van der Waals surface area (Å²) in [5, 5.41) is -0.561.